The number of hydrogen-bond acceptors (Lipinski definition) is 4. The van der Waals surface area contributed by atoms with Gasteiger partial charge in [-0.3, -0.25) is 4.79 Å². The molecule has 1 atom stereocenters. The lowest BCUT2D eigenvalue weighted by Gasteiger charge is -2.41. The van der Waals surface area contributed by atoms with Crippen molar-refractivity contribution in [1.82, 2.24) is 9.88 Å². The number of pyridine rings is 1. The molecule has 3 heterocycles. The van der Waals surface area contributed by atoms with E-state index < -0.39 is 17.0 Å². The number of hydrogen-bond donors (Lipinski definition) is 1. The molecule has 26 heavy (non-hydrogen) atoms. The van der Waals surface area contributed by atoms with E-state index in [-0.39, 0.29) is 23.9 Å². The second kappa shape index (κ2) is 6.76. The summed E-state index contributed by atoms with van der Waals surface area (Å²) in [5, 5.41) is 9.70. The fraction of sp³-hybridized carbons (Fsp3) is 0.684. The van der Waals surface area contributed by atoms with Crippen molar-refractivity contribution >= 4 is 11.7 Å². The Bertz CT molecular complexity index is 693. The summed E-state index contributed by atoms with van der Waals surface area (Å²) in [7, 11) is 0. The summed E-state index contributed by atoms with van der Waals surface area (Å²) in [5.74, 6) is -1.07. The van der Waals surface area contributed by atoms with Gasteiger partial charge in [-0.1, -0.05) is 0 Å². The smallest absolute Gasteiger partial charge is 0.230 e. The number of halogens is 2. The van der Waals surface area contributed by atoms with Crippen molar-refractivity contribution < 1.29 is 18.7 Å². The molecule has 0 radical (unpaired) electrons. The summed E-state index contributed by atoms with van der Waals surface area (Å²) >= 11 is 0. The minimum Gasteiger partial charge on any atom is -0.393 e. The van der Waals surface area contributed by atoms with Crippen LogP contribution in [0.2, 0.25) is 0 Å². The monoisotopic (exact) mass is 365 g/mol. The van der Waals surface area contributed by atoms with E-state index in [4.69, 9.17) is 0 Å². The highest BCUT2D eigenvalue weighted by molar-refractivity contribution is 5.86. The number of piperidine rings is 1. The summed E-state index contributed by atoms with van der Waals surface area (Å²) in [4.78, 5) is 20.9. The van der Waals surface area contributed by atoms with Crippen LogP contribution in [0.15, 0.2) is 12.3 Å². The average molecular weight is 365 g/mol. The Hall–Kier alpha value is -1.76. The molecule has 142 valence electrons. The fourth-order valence-corrected chi connectivity index (χ4v) is 4.90. The van der Waals surface area contributed by atoms with Crippen LogP contribution in [0, 0.1) is 17.0 Å². The Labute approximate surface area is 152 Å². The van der Waals surface area contributed by atoms with Crippen LogP contribution < -0.4 is 4.90 Å². The molecule has 0 aromatic carbocycles. The van der Waals surface area contributed by atoms with Crippen LogP contribution in [0.1, 0.15) is 44.9 Å². The molecule has 1 amide bonds. The maximum absolute atomic E-state index is 14.1. The topological polar surface area (TPSA) is 56.7 Å². The van der Waals surface area contributed by atoms with Crippen molar-refractivity contribution in [3.63, 3.8) is 0 Å². The SMILES string of the molecule is O=C1N(C2CCC(O)CC2)CC[C@@]12CCCN(c1ncc(F)cc1F)C2. The van der Waals surface area contributed by atoms with E-state index >= 15 is 0 Å². The van der Waals surface area contributed by atoms with Crippen LogP contribution in [0.3, 0.4) is 0 Å². The zero-order valence-electron chi connectivity index (χ0n) is 14.8. The molecule has 7 heteroatoms. The minimum atomic E-state index is -0.694. The van der Waals surface area contributed by atoms with E-state index in [9.17, 15) is 18.7 Å². The fourth-order valence-electron chi connectivity index (χ4n) is 4.90. The maximum Gasteiger partial charge on any atom is 0.230 e. The molecule has 0 unspecified atom stereocenters. The molecule has 4 rings (SSSR count). The van der Waals surface area contributed by atoms with Gasteiger partial charge in [0.1, 0.15) is 5.82 Å². The number of nitrogens with zero attached hydrogens (tertiary/aromatic N) is 3. The highest BCUT2D eigenvalue weighted by Gasteiger charge is 2.51. The first-order valence-corrected chi connectivity index (χ1v) is 9.54. The van der Waals surface area contributed by atoms with E-state index in [1.807, 2.05) is 4.90 Å². The highest BCUT2D eigenvalue weighted by atomic mass is 19.1. The molecule has 1 N–H and O–H groups in total. The summed E-state index contributed by atoms with van der Waals surface area (Å²) in [6, 6.07) is 1.06. The third kappa shape index (κ3) is 3.06. The first kappa shape index (κ1) is 17.6. The van der Waals surface area contributed by atoms with Crippen LogP contribution in [0.5, 0.6) is 0 Å². The molecule has 1 saturated carbocycles. The summed E-state index contributed by atoms with van der Waals surface area (Å²) < 4.78 is 27.3. The number of aliphatic hydroxyl groups excluding tert-OH is 1. The molecular weight excluding hydrogens is 340 g/mol. The third-order valence-corrected chi connectivity index (χ3v) is 6.32. The van der Waals surface area contributed by atoms with E-state index in [0.717, 1.165) is 63.8 Å². The summed E-state index contributed by atoms with van der Waals surface area (Å²) in [5.41, 5.74) is -0.489. The standard InChI is InChI=1S/C19H25F2N3O2/c20-13-10-16(21)17(22-11-13)23-8-1-6-19(12-23)7-9-24(18(19)26)14-2-4-15(25)5-3-14/h10-11,14-15,25H,1-9,12H2/t14?,15?,19-/m1/s1. The summed E-state index contributed by atoms with van der Waals surface area (Å²) in [6.07, 6.45) is 6.34. The number of carbonyl (C=O) groups is 1. The van der Waals surface area contributed by atoms with E-state index in [1.54, 1.807) is 4.90 Å². The quantitative estimate of drug-likeness (QED) is 0.875. The number of carbonyl (C=O) groups excluding carboxylic acids is 1. The Kier molecular flexibility index (Phi) is 4.59. The zero-order chi connectivity index (χ0) is 18.3. The number of rotatable bonds is 2. The maximum atomic E-state index is 14.1. The van der Waals surface area contributed by atoms with Gasteiger partial charge in [0.2, 0.25) is 5.91 Å². The van der Waals surface area contributed by atoms with Crippen molar-refractivity contribution in [3.05, 3.63) is 23.9 Å². The third-order valence-electron chi connectivity index (χ3n) is 6.32. The zero-order valence-corrected chi connectivity index (χ0v) is 14.8. The highest BCUT2D eigenvalue weighted by Crippen LogP contribution is 2.43. The van der Waals surface area contributed by atoms with Gasteiger partial charge >= 0.3 is 0 Å². The Morgan fingerprint density at radius 1 is 1.15 bits per heavy atom. The molecule has 3 fully saturated rings. The van der Waals surface area contributed by atoms with Gasteiger partial charge in [0.25, 0.3) is 0 Å². The molecule has 2 aliphatic heterocycles. The molecule has 1 aliphatic carbocycles. The van der Waals surface area contributed by atoms with Gasteiger partial charge in [0.05, 0.1) is 17.7 Å². The molecule has 1 spiro atoms. The van der Waals surface area contributed by atoms with Crippen molar-refractivity contribution in [1.29, 1.82) is 0 Å². The molecule has 2 saturated heterocycles. The van der Waals surface area contributed by atoms with Crippen molar-refractivity contribution in [3.8, 4) is 0 Å². The van der Waals surface area contributed by atoms with E-state index in [1.165, 1.54) is 0 Å². The predicted octanol–water partition coefficient (Wildman–Crippen LogP) is 2.48. The molecule has 0 bridgehead atoms. The van der Waals surface area contributed by atoms with Crippen LogP contribution in [0.4, 0.5) is 14.6 Å². The second-order valence-corrected chi connectivity index (χ2v) is 7.98. The van der Waals surface area contributed by atoms with Crippen molar-refractivity contribution in [2.24, 2.45) is 5.41 Å². The van der Waals surface area contributed by atoms with Crippen LogP contribution >= 0.6 is 0 Å². The van der Waals surface area contributed by atoms with Crippen LogP contribution in [-0.2, 0) is 4.79 Å². The number of anilines is 1. The number of aliphatic hydroxyl groups is 1. The van der Waals surface area contributed by atoms with E-state index in [0.29, 0.717) is 13.1 Å². The molecular formula is C19H25F2N3O2. The number of amides is 1. The van der Waals surface area contributed by atoms with Crippen LogP contribution in [0.25, 0.3) is 0 Å². The minimum absolute atomic E-state index is 0.137. The molecule has 3 aliphatic rings. The Balaban J connectivity index is 1.50. The van der Waals surface area contributed by atoms with Crippen molar-refractivity contribution in [2.75, 3.05) is 24.5 Å². The van der Waals surface area contributed by atoms with Gasteiger partial charge in [-0.25, -0.2) is 13.8 Å². The molecule has 1 aromatic heterocycles. The van der Waals surface area contributed by atoms with Gasteiger partial charge in [-0.2, -0.15) is 0 Å². The lowest BCUT2D eigenvalue weighted by Crippen LogP contribution is -2.50. The van der Waals surface area contributed by atoms with Gasteiger partial charge < -0.3 is 14.9 Å². The van der Waals surface area contributed by atoms with Crippen molar-refractivity contribution in [2.45, 2.75) is 57.1 Å². The van der Waals surface area contributed by atoms with Crippen LogP contribution in [-0.4, -0.2) is 52.7 Å². The normalized spacial score (nSPS) is 32.5. The lowest BCUT2D eigenvalue weighted by atomic mass is 9.78. The average Bonchev–Trinajstić information content (AvgIpc) is 2.92. The van der Waals surface area contributed by atoms with Gasteiger partial charge in [-0.05, 0) is 44.9 Å². The number of likely N-dealkylation sites (tertiary alicyclic amines) is 1. The molecule has 5 nitrogen and oxygen atoms in total. The Morgan fingerprint density at radius 3 is 2.65 bits per heavy atom. The molecule has 1 aromatic rings. The largest absolute Gasteiger partial charge is 0.393 e. The first-order valence-electron chi connectivity index (χ1n) is 9.54. The van der Waals surface area contributed by atoms with Gasteiger partial charge in [0, 0.05) is 31.7 Å². The number of aromatic nitrogens is 1. The Morgan fingerprint density at radius 2 is 1.92 bits per heavy atom. The first-order chi connectivity index (χ1) is 12.5. The predicted molar refractivity (Wildman–Crippen MR) is 92.6 cm³/mol. The van der Waals surface area contributed by atoms with E-state index in [2.05, 4.69) is 4.98 Å². The van der Waals surface area contributed by atoms with Gasteiger partial charge in [0.15, 0.2) is 11.6 Å². The lowest BCUT2D eigenvalue weighted by molar-refractivity contribution is -0.139. The van der Waals surface area contributed by atoms with Gasteiger partial charge in [-0.15, -0.1) is 0 Å². The second-order valence-electron chi connectivity index (χ2n) is 7.98. The summed E-state index contributed by atoms with van der Waals surface area (Å²) in [6.45, 7) is 1.79.